The molecule has 2 aromatic rings. The van der Waals surface area contributed by atoms with Gasteiger partial charge in [-0.1, -0.05) is 24.3 Å². The molecule has 0 aliphatic heterocycles. The molecule has 7 nitrogen and oxygen atoms in total. The van der Waals surface area contributed by atoms with Crippen molar-refractivity contribution in [2.45, 2.75) is 9.79 Å². The summed E-state index contributed by atoms with van der Waals surface area (Å²) in [7, 11) is -10.1. The smallest absolute Gasteiger partial charge is 0.872 e. The fourth-order valence-electron chi connectivity index (χ4n) is 1.74. The first-order valence-electron chi connectivity index (χ1n) is 4.78. The predicted molar refractivity (Wildman–Crippen MR) is 61.2 cm³/mol. The third-order valence-corrected chi connectivity index (χ3v) is 4.43. The Morgan fingerprint density at radius 1 is 0.905 bits per heavy atom. The van der Waals surface area contributed by atoms with Crippen molar-refractivity contribution in [3.05, 3.63) is 30.3 Å². The van der Waals surface area contributed by atoms with E-state index in [2.05, 4.69) is 0 Å². The number of hydrogen-bond donors (Lipinski definition) is 1. The molecular formula is C10H6Na2O7S2. The number of benzene rings is 2. The van der Waals surface area contributed by atoms with Gasteiger partial charge in [0, 0.05) is 5.39 Å². The van der Waals surface area contributed by atoms with E-state index in [0.29, 0.717) is 6.07 Å². The molecule has 0 spiro atoms. The molecule has 11 heteroatoms. The number of rotatable bonds is 2. The van der Waals surface area contributed by atoms with Crippen LogP contribution in [0.4, 0.5) is 0 Å². The van der Waals surface area contributed by atoms with Crippen LogP contribution in [0, 0.1) is 0 Å². The second-order valence-electron chi connectivity index (χ2n) is 3.67. The van der Waals surface area contributed by atoms with E-state index >= 15 is 0 Å². The van der Waals surface area contributed by atoms with E-state index in [-0.39, 0.29) is 69.9 Å². The van der Waals surface area contributed by atoms with Gasteiger partial charge in [0.05, 0.1) is 4.90 Å². The van der Waals surface area contributed by atoms with Gasteiger partial charge in [0.15, 0.2) is 0 Å². The number of fused-ring (bicyclic) bond motifs is 1. The fourth-order valence-corrected chi connectivity index (χ4v) is 3.72. The Morgan fingerprint density at radius 2 is 1.48 bits per heavy atom. The molecule has 0 fully saturated rings. The summed E-state index contributed by atoms with van der Waals surface area (Å²) in [6.45, 7) is 0. The molecule has 0 saturated heterocycles. The van der Waals surface area contributed by atoms with Crippen molar-refractivity contribution in [2.24, 2.45) is 0 Å². The first-order valence-corrected chi connectivity index (χ1v) is 7.63. The monoisotopic (exact) mass is 348 g/mol. The summed E-state index contributed by atoms with van der Waals surface area (Å²) in [5, 5.41) is 11.1. The van der Waals surface area contributed by atoms with E-state index in [9.17, 15) is 26.5 Å². The summed E-state index contributed by atoms with van der Waals surface area (Å²) >= 11 is 0. The Hall–Kier alpha value is 0.320. The van der Waals surface area contributed by atoms with Crippen molar-refractivity contribution in [3.8, 4) is 5.75 Å². The largest absolute Gasteiger partial charge is 1.00 e. The van der Waals surface area contributed by atoms with Gasteiger partial charge in [0.2, 0.25) is 0 Å². The van der Waals surface area contributed by atoms with Crippen molar-refractivity contribution in [1.29, 1.82) is 0 Å². The van der Waals surface area contributed by atoms with Crippen LogP contribution in [0.15, 0.2) is 40.1 Å². The third kappa shape index (κ3) is 4.41. The summed E-state index contributed by atoms with van der Waals surface area (Å²) in [6.07, 6.45) is 0. The maximum Gasteiger partial charge on any atom is 1.00 e. The van der Waals surface area contributed by atoms with E-state index < -0.39 is 35.8 Å². The molecule has 2 rings (SSSR count). The van der Waals surface area contributed by atoms with Gasteiger partial charge in [-0.05, 0) is 11.5 Å². The first kappa shape index (κ1) is 21.3. The van der Waals surface area contributed by atoms with Crippen LogP contribution in [0.2, 0.25) is 0 Å². The van der Waals surface area contributed by atoms with Crippen LogP contribution in [0.25, 0.3) is 10.8 Å². The summed E-state index contributed by atoms with van der Waals surface area (Å²) in [5.74, 6) is -0.558. The molecule has 0 atom stereocenters. The molecule has 0 aliphatic rings. The van der Waals surface area contributed by atoms with Crippen LogP contribution in [0.3, 0.4) is 0 Å². The maximum absolute atomic E-state index is 11.5. The van der Waals surface area contributed by atoms with E-state index in [1.54, 1.807) is 0 Å². The quantitative estimate of drug-likeness (QED) is 0.422. The molecule has 0 saturated carbocycles. The molecule has 0 aromatic heterocycles. The molecule has 0 amide bonds. The van der Waals surface area contributed by atoms with E-state index in [1.165, 1.54) is 6.07 Å². The minimum Gasteiger partial charge on any atom is -0.872 e. The molecule has 1 N–H and O–H groups in total. The minimum absolute atomic E-state index is 0. The van der Waals surface area contributed by atoms with E-state index in [0.717, 1.165) is 18.2 Å². The zero-order chi connectivity index (χ0) is 14.4. The van der Waals surface area contributed by atoms with Gasteiger partial charge in [-0.15, -0.1) is 5.75 Å². The Labute approximate surface area is 165 Å². The molecule has 0 radical (unpaired) electrons. The van der Waals surface area contributed by atoms with Gasteiger partial charge in [0.25, 0.3) is 10.1 Å². The zero-order valence-corrected chi connectivity index (χ0v) is 16.7. The van der Waals surface area contributed by atoms with Crippen molar-refractivity contribution in [3.63, 3.8) is 0 Å². The zero-order valence-electron chi connectivity index (χ0n) is 11.1. The molecule has 0 bridgehead atoms. The van der Waals surface area contributed by atoms with Crippen LogP contribution in [-0.2, 0) is 20.2 Å². The van der Waals surface area contributed by atoms with Crippen molar-refractivity contribution in [2.75, 3.05) is 0 Å². The van der Waals surface area contributed by atoms with Crippen LogP contribution < -0.4 is 64.2 Å². The van der Waals surface area contributed by atoms with Crippen LogP contribution in [0.1, 0.15) is 0 Å². The standard InChI is InChI=1S/C10H8O7S2.2Na/c11-8-3-1-2-7-6(8)4-5-9(18(12,13)14)10(7)19(15,16)17;;/h1-5,11H,(H,12,13,14)(H,15,16,17);;/q;2*+1/p-2. The summed E-state index contributed by atoms with van der Waals surface area (Å²) < 4.78 is 64.7. The van der Waals surface area contributed by atoms with Crippen LogP contribution in [0.5, 0.6) is 5.75 Å². The third-order valence-electron chi connectivity index (χ3n) is 2.46. The van der Waals surface area contributed by atoms with Gasteiger partial charge in [-0.25, -0.2) is 8.42 Å². The Morgan fingerprint density at radius 3 is 1.95 bits per heavy atom. The van der Waals surface area contributed by atoms with Gasteiger partial charge in [-0.3, -0.25) is 4.55 Å². The van der Waals surface area contributed by atoms with Crippen molar-refractivity contribution < 1.29 is 90.2 Å². The van der Waals surface area contributed by atoms with Crippen LogP contribution >= 0.6 is 0 Å². The average Bonchev–Trinajstić information content (AvgIpc) is 2.25. The molecule has 0 aliphatic carbocycles. The molecule has 102 valence electrons. The van der Waals surface area contributed by atoms with E-state index in [4.69, 9.17) is 4.55 Å². The Balaban J connectivity index is 0.00000200. The topological polar surface area (TPSA) is 135 Å². The molecule has 0 heterocycles. The van der Waals surface area contributed by atoms with E-state index in [1.807, 2.05) is 0 Å². The van der Waals surface area contributed by atoms with Crippen molar-refractivity contribution >= 4 is 31.0 Å². The van der Waals surface area contributed by atoms with Crippen molar-refractivity contribution in [1.82, 2.24) is 0 Å². The summed E-state index contributed by atoms with van der Waals surface area (Å²) in [4.78, 5) is -2.16. The number of hydrogen-bond acceptors (Lipinski definition) is 6. The predicted octanol–water partition coefficient (Wildman–Crippen LogP) is -5.93. The average molecular weight is 348 g/mol. The van der Waals surface area contributed by atoms with Crippen LogP contribution in [-0.4, -0.2) is 25.9 Å². The summed E-state index contributed by atoms with van der Waals surface area (Å²) in [5.41, 5.74) is 0. The second kappa shape index (κ2) is 7.26. The van der Waals surface area contributed by atoms with Gasteiger partial charge in [0.1, 0.15) is 15.0 Å². The fraction of sp³-hybridized carbons (Fsp3) is 0. The van der Waals surface area contributed by atoms with Gasteiger partial charge in [-0.2, -0.15) is 8.42 Å². The second-order valence-corrected chi connectivity index (χ2v) is 6.38. The minimum atomic E-state index is -5.11. The SMILES string of the molecule is O=S(=O)([O-])c1ccc2c([O-])cccc2c1S(=O)(=O)O.[Na+].[Na+]. The Bertz CT molecular complexity index is 876. The first-order chi connectivity index (χ1) is 8.62. The van der Waals surface area contributed by atoms with Gasteiger partial charge < -0.3 is 9.66 Å². The molecule has 0 unspecified atom stereocenters. The van der Waals surface area contributed by atoms with Gasteiger partial charge >= 0.3 is 59.1 Å². The summed E-state index contributed by atoms with van der Waals surface area (Å²) in [6, 6.07) is 5.18. The Kier molecular flexibility index (Phi) is 7.37. The maximum atomic E-state index is 11.5. The molecule has 21 heavy (non-hydrogen) atoms. The normalized spacial score (nSPS) is 11.5. The molecular weight excluding hydrogens is 342 g/mol. The molecule has 2 aromatic carbocycles.